The van der Waals surface area contributed by atoms with Crippen LogP contribution in [-0.2, 0) is 11.2 Å². The molecule has 0 aliphatic carbocycles. The molecule has 5 heteroatoms. The highest BCUT2D eigenvalue weighted by Crippen LogP contribution is 2.19. The van der Waals surface area contributed by atoms with Crippen LogP contribution in [0.15, 0.2) is 48.5 Å². The summed E-state index contributed by atoms with van der Waals surface area (Å²) in [6.45, 7) is 0. The van der Waals surface area contributed by atoms with Crippen molar-refractivity contribution >= 4 is 5.97 Å². The largest absolute Gasteiger partial charge is 0.497 e. The highest BCUT2D eigenvalue weighted by atomic mass is 19.1. The molecule has 1 N–H and O–H groups in total. The lowest BCUT2D eigenvalue weighted by Gasteiger charge is -2.15. The lowest BCUT2D eigenvalue weighted by Crippen LogP contribution is -2.29. The monoisotopic (exact) mass is 290 g/mol. The Morgan fingerprint density at radius 1 is 1.10 bits per heavy atom. The fourth-order valence-corrected chi connectivity index (χ4v) is 1.83. The molecule has 0 spiro atoms. The van der Waals surface area contributed by atoms with Crippen LogP contribution in [-0.4, -0.2) is 24.3 Å². The van der Waals surface area contributed by atoms with Crippen molar-refractivity contribution in [3.8, 4) is 11.5 Å². The number of halogens is 1. The normalized spacial score (nSPS) is 11.7. The van der Waals surface area contributed by atoms with Crippen molar-refractivity contribution in [1.82, 2.24) is 0 Å². The Bertz CT molecular complexity index is 593. The van der Waals surface area contributed by atoms with Gasteiger partial charge in [0.25, 0.3) is 0 Å². The Balaban J connectivity index is 2.07. The standard InChI is InChI=1S/C16H15FO4/c1-20-13-6-8-14(9-7-13)21-15(16(18)19)10-11-2-4-12(17)5-3-11/h2-9,15H,10H2,1H3,(H,18,19)/t15-/m1/s1. The molecule has 21 heavy (non-hydrogen) atoms. The first kappa shape index (κ1) is 14.8. The van der Waals surface area contributed by atoms with Gasteiger partial charge in [0.05, 0.1) is 7.11 Å². The molecular formula is C16H15FO4. The zero-order valence-corrected chi connectivity index (χ0v) is 11.5. The molecule has 2 aromatic rings. The summed E-state index contributed by atoms with van der Waals surface area (Å²) in [5.41, 5.74) is 0.692. The van der Waals surface area contributed by atoms with E-state index in [2.05, 4.69) is 0 Å². The lowest BCUT2D eigenvalue weighted by molar-refractivity contribution is -0.145. The van der Waals surface area contributed by atoms with E-state index in [-0.39, 0.29) is 12.2 Å². The van der Waals surface area contributed by atoms with Gasteiger partial charge in [-0.05, 0) is 42.0 Å². The van der Waals surface area contributed by atoms with E-state index in [1.165, 1.54) is 12.1 Å². The summed E-state index contributed by atoms with van der Waals surface area (Å²) in [6.07, 6.45) is -0.884. The quantitative estimate of drug-likeness (QED) is 0.888. The van der Waals surface area contributed by atoms with Crippen LogP contribution in [0, 0.1) is 5.82 Å². The van der Waals surface area contributed by atoms with Gasteiger partial charge in [0.1, 0.15) is 17.3 Å². The average molecular weight is 290 g/mol. The van der Waals surface area contributed by atoms with E-state index in [1.807, 2.05) is 0 Å². The number of ether oxygens (including phenoxy) is 2. The molecule has 0 aromatic heterocycles. The molecule has 2 rings (SSSR count). The third kappa shape index (κ3) is 4.21. The number of benzene rings is 2. The number of carboxylic acids is 1. The lowest BCUT2D eigenvalue weighted by atomic mass is 10.1. The second-order valence-corrected chi connectivity index (χ2v) is 4.45. The van der Waals surface area contributed by atoms with Crippen LogP contribution in [0.4, 0.5) is 4.39 Å². The van der Waals surface area contributed by atoms with E-state index in [0.29, 0.717) is 17.1 Å². The Hall–Kier alpha value is -2.56. The van der Waals surface area contributed by atoms with Crippen LogP contribution in [0.25, 0.3) is 0 Å². The summed E-state index contributed by atoms with van der Waals surface area (Å²) < 4.78 is 23.3. The van der Waals surface area contributed by atoms with Gasteiger partial charge in [-0.1, -0.05) is 12.1 Å². The molecule has 0 amide bonds. The molecule has 1 atom stereocenters. The third-order valence-corrected chi connectivity index (χ3v) is 2.95. The van der Waals surface area contributed by atoms with Crippen molar-refractivity contribution in [1.29, 1.82) is 0 Å². The summed E-state index contributed by atoms with van der Waals surface area (Å²) in [6, 6.07) is 12.3. The number of aliphatic carboxylic acids is 1. The van der Waals surface area contributed by atoms with Gasteiger partial charge in [0.2, 0.25) is 0 Å². The molecule has 4 nitrogen and oxygen atoms in total. The Kier molecular flexibility index (Phi) is 4.77. The SMILES string of the molecule is COc1ccc(O[C@H](Cc2ccc(F)cc2)C(=O)O)cc1. The first-order valence-electron chi connectivity index (χ1n) is 6.36. The van der Waals surface area contributed by atoms with Crippen LogP contribution in [0.2, 0.25) is 0 Å². The predicted molar refractivity (Wildman–Crippen MR) is 75.1 cm³/mol. The second kappa shape index (κ2) is 6.74. The van der Waals surface area contributed by atoms with Gasteiger partial charge in [-0.25, -0.2) is 9.18 Å². The van der Waals surface area contributed by atoms with Crippen molar-refractivity contribution < 1.29 is 23.8 Å². The molecule has 0 radical (unpaired) electrons. The summed E-state index contributed by atoms with van der Waals surface area (Å²) in [5.74, 6) is -0.338. The van der Waals surface area contributed by atoms with Crippen LogP contribution >= 0.6 is 0 Å². The highest BCUT2D eigenvalue weighted by molar-refractivity contribution is 5.73. The van der Waals surface area contributed by atoms with E-state index in [9.17, 15) is 14.3 Å². The fraction of sp³-hybridized carbons (Fsp3) is 0.188. The molecule has 0 aliphatic rings. The number of carboxylic acid groups (broad SMARTS) is 1. The third-order valence-electron chi connectivity index (χ3n) is 2.95. The van der Waals surface area contributed by atoms with Crippen LogP contribution < -0.4 is 9.47 Å². The smallest absolute Gasteiger partial charge is 0.345 e. The van der Waals surface area contributed by atoms with Crippen LogP contribution in [0.3, 0.4) is 0 Å². The fourth-order valence-electron chi connectivity index (χ4n) is 1.83. The zero-order valence-electron chi connectivity index (χ0n) is 11.5. The topological polar surface area (TPSA) is 55.8 Å². The summed E-state index contributed by atoms with van der Waals surface area (Å²) in [5, 5.41) is 9.23. The molecule has 2 aromatic carbocycles. The van der Waals surface area contributed by atoms with Gasteiger partial charge in [-0.2, -0.15) is 0 Å². The van der Waals surface area contributed by atoms with Crippen LogP contribution in [0.5, 0.6) is 11.5 Å². The Labute approximate surface area is 121 Å². The predicted octanol–water partition coefficient (Wildman–Crippen LogP) is 2.91. The van der Waals surface area contributed by atoms with E-state index < -0.39 is 12.1 Å². The maximum Gasteiger partial charge on any atom is 0.345 e. The first-order valence-corrected chi connectivity index (χ1v) is 6.36. The van der Waals surface area contributed by atoms with E-state index in [0.717, 1.165) is 0 Å². The van der Waals surface area contributed by atoms with Gasteiger partial charge < -0.3 is 14.6 Å². The first-order chi connectivity index (χ1) is 10.1. The minimum atomic E-state index is -1.07. The molecule has 0 fully saturated rings. The Morgan fingerprint density at radius 3 is 2.19 bits per heavy atom. The number of rotatable bonds is 6. The van der Waals surface area contributed by atoms with Crippen molar-refractivity contribution in [3.05, 3.63) is 59.9 Å². The average Bonchev–Trinajstić information content (AvgIpc) is 2.49. The molecule has 0 saturated carbocycles. The zero-order chi connectivity index (χ0) is 15.2. The molecule has 0 saturated heterocycles. The minimum absolute atomic E-state index is 0.154. The summed E-state index contributed by atoms with van der Waals surface area (Å²) in [4.78, 5) is 11.3. The molecule has 0 bridgehead atoms. The molecule has 0 unspecified atom stereocenters. The number of carbonyl (C=O) groups is 1. The maximum atomic E-state index is 12.8. The molecular weight excluding hydrogens is 275 g/mol. The van der Waals surface area contributed by atoms with Gasteiger partial charge in [0, 0.05) is 6.42 Å². The molecule has 0 aliphatic heterocycles. The van der Waals surface area contributed by atoms with Gasteiger partial charge in [-0.15, -0.1) is 0 Å². The van der Waals surface area contributed by atoms with Crippen LogP contribution in [0.1, 0.15) is 5.56 Å². The van der Waals surface area contributed by atoms with Crippen molar-refractivity contribution in [2.24, 2.45) is 0 Å². The second-order valence-electron chi connectivity index (χ2n) is 4.45. The van der Waals surface area contributed by atoms with Crippen molar-refractivity contribution in [2.75, 3.05) is 7.11 Å². The van der Waals surface area contributed by atoms with E-state index >= 15 is 0 Å². The minimum Gasteiger partial charge on any atom is -0.497 e. The van der Waals surface area contributed by atoms with Crippen molar-refractivity contribution in [2.45, 2.75) is 12.5 Å². The summed E-state index contributed by atoms with van der Waals surface area (Å²) in [7, 11) is 1.55. The molecule has 110 valence electrons. The maximum absolute atomic E-state index is 12.8. The molecule has 0 heterocycles. The Morgan fingerprint density at radius 2 is 1.67 bits per heavy atom. The number of hydrogen-bond acceptors (Lipinski definition) is 3. The van der Waals surface area contributed by atoms with E-state index in [4.69, 9.17) is 9.47 Å². The van der Waals surface area contributed by atoms with Gasteiger partial charge in [-0.3, -0.25) is 0 Å². The van der Waals surface area contributed by atoms with Crippen molar-refractivity contribution in [3.63, 3.8) is 0 Å². The van der Waals surface area contributed by atoms with Gasteiger partial charge >= 0.3 is 5.97 Å². The van der Waals surface area contributed by atoms with E-state index in [1.54, 1.807) is 43.5 Å². The van der Waals surface area contributed by atoms with Gasteiger partial charge in [0.15, 0.2) is 6.10 Å². The number of methoxy groups -OCH3 is 1. The summed E-state index contributed by atoms with van der Waals surface area (Å²) >= 11 is 0. The number of hydrogen-bond donors (Lipinski definition) is 1. The highest BCUT2D eigenvalue weighted by Gasteiger charge is 2.20.